The van der Waals surface area contributed by atoms with Crippen molar-refractivity contribution in [2.45, 2.75) is 6.54 Å². The van der Waals surface area contributed by atoms with Gasteiger partial charge in [0.25, 0.3) is 0 Å². The van der Waals surface area contributed by atoms with Crippen molar-refractivity contribution in [3.63, 3.8) is 0 Å². The van der Waals surface area contributed by atoms with Gasteiger partial charge in [-0.15, -0.1) is 0 Å². The summed E-state index contributed by atoms with van der Waals surface area (Å²) in [5, 5.41) is 4.02. The lowest BCUT2D eigenvalue weighted by Gasteiger charge is -2.09. The van der Waals surface area contributed by atoms with E-state index in [0.29, 0.717) is 5.02 Å². The van der Waals surface area contributed by atoms with Crippen LogP contribution in [0, 0.1) is 0 Å². The fraction of sp³-hybridized carbons (Fsp3) is 0.143. The third kappa shape index (κ3) is 3.40. The summed E-state index contributed by atoms with van der Waals surface area (Å²) < 4.78 is 6.12. The van der Waals surface area contributed by atoms with Gasteiger partial charge in [0, 0.05) is 11.0 Å². The number of anilines is 1. The summed E-state index contributed by atoms with van der Waals surface area (Å²) in [6.07, 6.45) is 0. The van der Waals surface area contributed by atoms with Crippen LogP contribution in [0.15, 0.2) is 46.9 Å². The van der Waals surface area contributed by atoms with E-state index in [4.69, 9.17) is 16.3 Å². The number of ether oxygens (including phenoxy) is 1. The molecule has 0 aliphatic rings. The highest BCUT2D eigenvalue weighted by Gasteiger charge is 2.01. The molecule has 0 saturated carbocycles. The van der Waals surface area contributed by atoms with Crippen molar-refractivity contribution in [2.24, 2.45) is 0 Å². The molecule has 2 rings (SSSR count). The van der Waals surface area contributed by atoms with E-state index in [2.05, 4.69) is 21.2 Å². The van der Waals surface area contributed by atoms with Gasteiger partial charge < -0.3 is 10.1 Å². The molecular formula is C14H13BrClNO. The van der Waals surface area contributed by atoms with Gasteiger partial charge in [0.2, 0.25) is 0 Å². The number of hydrogen-bond donors (Lipinski definition) is 1. The summed E-state index contributed by atoms with van der Waals surface area (Å²) in [5.74, 6) is 0.860. The van der Waals surface area contributed by atoms with Crippen molar-refractivity contribution >= 4 is 33.2 Å². The molecule has 0 fully saturated rings. The van der Waals surface area contributed by atoms with E-state index >= 15 is 0 Å². The van der Waals surface area contributed by atoms with E-state index in [9.17, 15) is 0 Å². The molecule has 0 heterocycles. The van der Waals surface area contributed by atoms with Crippen LogP contribution in [-0.2, 0) is 6.54 Å². The summed E-state index contributed by atoms with van der Waals surface area (Å²) in [4.78, 5) is 0. The molecule has 18 heavy (non-hydrogen) atoms. The molecule has 0 radical (unpaired) electrons. The maximum absolute atomic E-state index is 6.11. The monoisotopic (exact) mass is 325 g/mol. The lowest BCUT2D eigenvalue weighted by atomic mass is 10.2. The minimum Gasteiger partial charge on any atom is -0.497 e. The highest BCUT2D eigenvalue weighted by molar-refractivity contribution is 9.10. The smallest absolute Gasteiger partial charge is 0.118 e. The SMILES string of the molecule is COc1ccc(CNc2cc(Br)ccc2Cl)cc1. The first-order chi connectivity index (χ1) is 8.69. The molecule has 0 amide bonds. The second kappa shape index (κ2) is 6.12. The molecule has 0 aromatic heterocycles. The highest BCUT2D eigenvalue weighted by atomic mass is 79.9. The third-order valence-corrected chi connectivity index (χ3v) is 3.39. The van der Waals surface area contributed by atoms with Crippen molar-refractivity contribution < 1.29 is 4.74 Å². The van der Waals surface area contributed by atoms with Crippen LogP contribution in [0.25, 0.3) is 0 Å². The number of methoxy groups -OCH3 is 1. The Bertz CT molecular complexity index is 528. The highest BCUT2D eigenvalue weighted by Crippen LogP contribution is 2.26. The van der Waals surface area contributed by atoms with Crippen LogP contribution < -0.4 is 10.1 Å². The molecule has 2 aromatic rings. The lowest BCUT2D eigenvalue weighted by molar-refractivity contribution is 0.414. The Morgan fingerprint density at radius 2 is 1.89 bits per heavy atom. The Morgan fingerprint density at radius 3 is 2.56 bits per heavy atom. The van der Waals surface area contributed by atoms with E-state index < -0.39 is 0 Å². The number of nitrogens with one attached hydrogen (secondary N) is 1. The zero-order valence-electron chi connectivity index (χ0n) is 9.91. The molecule has 2 nitrogen and oxygen atoms in total. The van der Waals surface area contributed by atoms with Crippen LogP contribution in [0.3, 0.4) is 0 Å². The number of hydrogen-bond acceptors (Lipinski definition) is 2. The van der Waals surface area contributed by atoms with Crippen molar-refractivity contribution in [3.05, 3.63) is 57.5 Å². The van der Waals surface area contributed by atoms with E-state index in [1.807, 2.05) is 42.5 Å². The Balaban J connectivity index is 2.04. The Labute approximate surface area is 120 Å². The zero-order chi connectivity index (χ0) is 13.0. The molecule has 2 aromatic carbocycles. The minimum atomic E-state index is 0.715. The normalized spacial score (nSPS) is 10.2. The molecule has 0 bridgehead atoms. The van der Waals surface area contributed by atoms with Gasteiger partial charge in [-0.3, -0.25) is 0 Å². The van der Waals surface area contributed by atoms with Gasteiger partial charge >= 0.3 is 0 Å². The third-order valence-electron chi connectivity index (χ3n) is 2.57. The van der Waals surface area contributed by atoms with Gasteiger partial charge in [0.15, 0.2) is 0 Å². The fourth-order valence-electron chi connectivity index (χ4n) is 1.57. The summed E-state index contributed by atoms with van der Waals surface area (Å²) in [7, 11) is 1.66. The Kier molecular flexibility index (Phi) is 4.50. The van der Waals surface area contributed by atoms with Crippen LogP contribution >= 0.6 is 27.5 Å². The lowest BCUT2D eigenvalue weighted by Crippen LogP contribution is -1.99. The molecule has 1 N–H and O–H groups in total. The van der Waals surface area contributed by atoms with Gasteiger partial charge in [0.1, 0.15) is 5.75 Å². The van der Waals surface area contributed by atoms with Crippen LogP contribution in [0.4, 0.5) is 5.69 Å². The summed E-state index contributed by atoms with van der Waals surface area (Å²) in [6.45, 7) is 0.722. The van der Waals surface area contributed by atoms with Crippen molar-refractivity contribution in [2.75, 3.05) is 12.4 Å². The molecule has 94 valence electrons. The van der Waals surface area contributed by atoms with E-state index in [1.54, 1.807) is 7.11 Å². The standard InChI is InChI=1S/C14H13BrClNO/c1-18-12-5-2-10(3-6-12)9-17-14-8-11(15)4-7-13(14)16/h2-8,17H,9H2,1H3. The number of halogens is 2. The summed E-state index contributed by atoms with van der Waals surface area (Å²) in [6, 6.07) is 13.7. The summed E-state index contributed by atoms with van der Waals surface area (Å²) in [5.41, 5.74) is 2.09. The molecule has 0 aliphatic carbocycles. The second-order valence-electron chi connectivity index (χ2n) is 3.83. The van der Waals surface area contributed by atoms with Crippen LogP contribution in [-0.4, -0.2) is 7.11 Å². The second-order valence-corrected chi connectivity index (χ2v) is 5.15. The molecular weight excluding hydrogens is 314 g/mol. The summed E-state index contributed by atoms with van der Waals surface area (Å²) >= 11 is 9.53. The fourth-order valence-corrected chi connectivity index (χ4v) is 2.12. The van der Waals surface area contributed by atoms with Crippen LogP contribution in [0.2, 0.25) is 5.02 Å². The molecule has 0 saturated heterocycles. The van der Waals surface area contributed by atoms with E-state index in [0.717, 1.165) is 22.5 Å². The first-order valence-corrected chi connectivity index (χ1v) is 6.68. The van der Waals surface area contributed by atoms with Gasteiger partial charge in [-0.2, -0.15) is 0 Å². The van der Waals surface area contributed by atoms with E-state index in [-0.39, 0.29) is 0 Å². The van der Waals surface area contributed by atoms with Crippen LogP contribution in [0.5, 0.6) is 5.75 Å². The van der Waals surface area contributed by atoms with Crippen molar-refractivity contribution in [1.29, 1.82) is 0 Å². The van der Waals surface area contributed by atoms with E-state index in [1.165, 1.54) is 5.56 Å². The quantitative estimate of drug-likeness (QED) is 0.877. The Morgan fingerprint density at radius 1 is 1.17 bits per heavy atom. The molecule has 4 heteroatoms. The molecule has 0 spiro atoms. The first-order valence-electron chi connectivity index (χ1n) is 5.51. The number of rotatable bonds is 4. The predicted molar refractivity (Wildman–Crippen MR) is 79.5 cm³/mol. The zero-order valence-corrected chi connectivity index (χ0v) is 12.3. The predicted octanol–water partition coefficient (Wildman–Crippen LogP) is 4.72. The van der Waals surface area contributed by atoms with Crippen LogP contribution in [0.1, 0.15) is 5.56 Å². The minimum absolute atomic E-state index is 0.715. The first kappa shape index (κ1) is 13.2. The van der Waals surface area contributed by atoms with Gasteiger partial charge in [-0.25, -0.2) is 0 Å². The van der Waals surface area contributed by atoms with Crippen molar-refractivity contribution in [3.8, 4) is 5.75 Å². The maximum Gasteiger partial charge on any atom is 0.118 e. The van der Waals surface area contributed by atoms with Crippen molar-refractivity contribution in [1.82, 2.24) is 0 Å². The maximum atomic E-state index is 6.11. The topological polar surface area (TPSA) is 21.3 Å². The van der Waals surface area contributed by atoms with Gasteiger partial charge in [-0.05, 0) is 35.9 Å². The van der Waals surface area contributed by atoms with Gasteiger partial charge in [0.05, 0.1) is 17.8 Å². The number of benzene rings is 2. The Hall–Kier alpha value is -1.19. The average Bonchev–Trinajstić information content (AvgIpc) is 2.40. The average molecular weight is 327 g/mol. The van der Waals surface area contributed by atoms with Gasteiger partial charge in [-0.1, -0.05) is 39.7 Å². The molecule has 0 atom stereocenters. The largest absolute Gasteiger partial charge is 0.497 e. The molecule has 0 unspecified atom stereocenters. The molecule has 0 aliphatic heterocycles.